The van der Waals surface area contributed by atoms with Gasteiger partial charge in [-0.25, -0.2) is 0 Å². The van der Waals surface area contributed by atoms with Crippen molar-refractivity contribution in [3.8, 4) is 0 Å². The standard InChI is InChI=1S/C10H12N2O3/c1-2-15-10(14)8-9(13)11-12-6-4-3-5-7-12/h3-7H,2,8H2,1H3. The lowest BCUT2D eigenvalue weighted by Crippen LogP contribution is -2.34. The van der Waals surface area contributed by atoms with Gasteiger partial charge in [0.25, 0.3) is 0 Å². The Bertz CT molecular complexity index is 349. The van der Waals surface area contributed by atoms with Crippen LogP contribution in [0, 0.1) is 0 Å². The van der Waals surface area contributed by atoms with Gasteiger partial charge in [0.1, 0.15) is 0 Å². The molecule has 15 heavy (non-hydrogen) atoms. The van der Waals surface area contributed by atoms with Crippen LogP contribution in [0.2, 0.25) is 0 Å². The van der Waals surface area contributed by atoms with Crippen LogP contribution in [0.15, 0.2) is 35.7 Å². The fraction of sp³-hybridized carbons (Fsp3) is 0.300. The summed E-state index contributed by atoms with van der Waals surface area (Å²) in [7, 11) is 0. The Kier molecular flexibility index (Phi) is 4.28. The van der Waals surface area contributed by atoms with Gasteiger partial charge >= 0.3 is 5.97 Å². The van der Waals surface area contributed by atoms with Gasteiger partial charge in [0, 0.05) is 18.0 Å². The zero-order valence-corrected chi connectivity index (χ0v) is 8.42. The van der Waals surface area contributed by atoms with Gasteiger partial charge in [0.15, 0.2) is 0 Å². The van der Waals surface area contributed by atoms with Crippen LogP contribution in [0.3, 0.4) is 0 Å². The third kappa shape index (κ3) is 4.21. The van der Waals surface area contributed by atoms with Crippen molar-refractivity contribution in [3.63, 3.8) is 0 Å². The average molecular weight is 208 g/mol. The van der Waals surface area contributed by atoms with E-state index in [-0.39, 0.29) is 13.0 Å². The Balaban J connectivity index is 2.57. The molecule has 0 aliphatic heterocycles. The highest BCUT2D eigenvalue weighted by Gasteiger charge is 2.02. The van der Waals surface area contributed by atoms with Crippen LogP contribution in [0.5, 0.6) is 0 Å². The van der Waals surface area contributed by atoms with Crippen molar-refractivity contribution < 1.29 is 19.3 Å². The zero-order valence-electron chi connectivity index (χ0n) is 8.42. The summed E-state index contributed by atoms with van der Waals surface area (Å²) >= 11 is 0. The molecule has 0 fully saturated rings. The molecule has 0 amide bonds. The highest BCUT2D eigenvalue weighted by atomic mass is 16.5. The van der Waals surface area contributed by atoms with E-state index >= 15 is 0 Å². The van der Waals surface area contributed by atoms with Gasteiger partial charge in [-0.3, -0.25) is 4.79 Å². The molecular formula is C10H12N2O3. The van der Waals surface area contributed by atoms with E-state index in [2.05, 4.69) is 9.84 Å². The first-order valence-electron chi connectivity index (χ1n) is 4.59. The summed E-state index contributed by atoms with van der Waals surface area (Å²) in [6, 6.07) is 5.28. The minimum atomic E-state index is -0.553. The number of hydrogen-bond donors (Lipinski definition) is 0. The summed E-state index contributed by atoms with van der Waals surface area (Å²) in [5, 5.41) is 14.9. The molecule has 0 unspecified atom stereocenters. The Morgan fingerprint density at radius 3 is 2.67 bits per heavy atom. The SMILES string of the molecule is CCOC(=O)C/C([O-])=N/[n+]1ccccc1. The van der Waals surface area contributed by atoms with Crippen LogP contribution in [0.25, 0.3) is 0 Å². The van der Waals surface area contributed by atoms with Crippen LogP contribution in [0.1, 0.15) is 13.3 Å². The predicted octanol–water partition coefficient (Wildman–Crippen LogP) is -0.551. The third-order valence-corrected chi connectivity index (χ3v) is 1.53. The molecule has 0 spiro atoms. The van der Waals surface area contributed by atoms with E-state index in [1.165, 1.54) is 4.68 Å². The number of nitrogens with zero attached hydrogens (tertiary/aromatic N) is 2. The molecule has 5 heteroatoms. The molecule has 0 aliphatic carbocycles. The molecule has 1 rings (SSSR count). The molecule has 1 aromatic rings. The van der Waals surface area contributed by atoms with Gasteiger partial charge in [-0.05, 0) is 12.0 Å². The largest absolute Gasteiger partial charge is 0.857 e. The maximum Gasteiger partial charge on any atom is 0.310 e. The van der Waals surface area contributed by atoms with Crippen molar-refractivity contribution in [3.05, 3.63) is 30.6 Å². The molecule has 1 heterocycles. The van der Waals surface area contributed by atoms with E-state index in [9.17, 15) is 9.90 Å². The summed E-state index contributed by atoms with van der Waals surface area (Å²) in [5.74, 6) is -1.08. The lowest BCUT2D eigenvalue weighted by molar-refractivity contribution is -0.681. The number of carbonyl (C=O) groups excluding carboxylic acids is 1. The molecule has 0 aromatic carbocycles. The number of hydrogen-bond acceptors (Lipinski definition) is 4. The van der Waals surface area contributed by atoms with E-state index in [0.29, 0.717) is 0 Å². The fourth-order valence-electron chi connectivity index (χ4n) is 0.956. The van der Waals surface area contributed by atoms with Gasteiger partial charge in [0.05, 0.1) is 13.0 Å². The van der Waals surface area contributed by atoms with Crippen LogP contribution >= 0.6 is 0 Å². The molecule has 0 saturated carbocycles. The Morgan fingerprint density at radius 1 is 1.40 bits per heavy atom. The van der Waals surface area contributed by atoms with Gasteiger partial charge in [0.2, 0.25) is 12.4 Å². The second-order valence-corrected chi connectivity index (χ2v) is 2.73. The predicted molar refractivity (Wildman–Crippen MR) is 50.7 cm³/mol. The van der Waals surface area contributed by atoms with E-state index in [0.717, 1.165) is 0 Å². The average Bonchev–Trinajstić information content (AvgIpc) is 2.19. The molecule has 0 radical (unpaired) electrons. The summed E-state index contributed by atoms with van der Waals surface area (Å²) in [6.07, 6.45) is 2.90. The van der Waals surface area contributed by atoms with Crippen molar-refractivity contribution in [2.45, 2.75) is 13.3 Å². The molecule has 0 atom stereocenters. The molecule has 0 aliphatic rings. The monoisotopic (exact) mass is 208 g/mol. The third-order valence-electron chi connectivity index (χ3n) is 1.53. The van der Waals surface area contributed by atoms with E-state index in [1.807, 2.05) is 6.07 Å². The smallest absolute Gasteiger partial charge is 0.310 e. The molecule has 0 saturated heterocycles. The first kappa shape index (κ1) is 11.2. The molecule has 5 nitrogen and oxygen atoms in total. The van der Waals surface area contributed by atoms with Crippen molar-refractivity contribution in [2.24, 2.45) is 5.10 Å². The normalized spacial score (nSPS) is 11.1. The van der Waals surface area contributed by atoms with Crippen molar-refractivity contribution in [1.29, 1.82) is 0 Å². The van der Waals surface area contributed by atoms with Crippen molar-refractivity contribution in [1.82, 2.24) is 0 Å². The molecule has 80 valence electrons. The summed E-state index contributed by atoms with van der Waals surface area (Å²) in [4.78, 5) is 10.9. The second-order valence-electron chi connectivity index (χ2n) is 2.73. The van der Waals surface area contributed by atoms with Crippen LogP contribution in [-0.2, 0) is 9.53 Å². The lowest BCUT2D eigenvalue weighted by Gasteiger charge is -2.05. The summed E-state index contributed by atoms with van der Waals surface area (Å²) in [5.41, 5.74) is 0. The van der Waals surface area contributed by atoms with E-state index in [1.54, 1.807) is 31.5 Å². The topological polar surface area (TPSA) is 65.6 Å². The minimum Gasteiger partial charge on any atom is -0.857 e. The van der Waals surface area contributed by atoms with E-state index in [4.69, 9.17) is 0 Å². The van der Waals surface area contributed by atoms with Gasteiger partial charge < -0.3 is 9.84 Å². The minimum absolute atomic E-state index is 0.268. The Labute approximate surface area is 87.6 Å². The maximum atomic E-state index is 11.2. The number of pyridine rings is 1. The first-order valence-corrected chi connectivity index (χ1v) is 4.59. The highest BCUT2D eigenvalue weighted by molar-refractivity contribution is 5.91. The number of ether oxygens (including phenoxy) is 1. The van der Waals surface area contributed by atoms with Gasteiger partial charge in [-0.2, -0.15) is 0 Å². The summed E-state index contributed by atoms with van der Waals surface area (Å²) < 4.78 is 5.97. The van der Waals surface area contributed by atoms with Gasteiger partial charge in [-0.1, -0.05) is 10.7 Å². The maximum absolute atomic E-state index is 11.2. The fourth-order valence-corrected chi connectivity index (χ4v) is 0.956. The number of aromatic nitrogens is 1. The second kappa shape index (κ2) is 5.74. The first-order chi connectivity index (χ1) is 7.22. The number of esters is 1. The van der Waals surface area contributed by atoms with Gasteiger partial charge in [-0.15, -0.1) is 0 Å². The molecule has 1 aromatic heterocycles. The molecule has 0 N–H and O–H groups in total. The highest BCUT2D eigenvalue weighted by Crippen LogP contribution is 1.86. The van der Waals surface area contributed by atoms with Crippen molar-refractivity contribution >= 4 is 11.9 Å². The quantitative estimate of drug-likeness (QED) is 0.288. The lowest BCUT2D eigenvalue weighted by atomic mass is 10.4. The van der Waals surface area contributed by atoms with Crippen LogP contribution < -0.4 is 9.78 Å². The van der Waals surface area contributed by atoms with Crippen LogP contribution in [0.4, 0.5) is 0 Å². The van der Waals surface area contributed by atoms with Crippen molar-refractivity contribution in [2.75, 3.05) is 6.61 Å². The zero-order chi connectivity index (χ0) is 11.1. The van der Waals surface area contributed by atoms with E-state index < -0.39 is 11.9 Å². The molecule has 0 bridgehead atoms. The Morgan fingerprint density at radius 2 is 2.07 bits per heavy atom. The summed E-state index contributed by atoms with van der Waals surface area (Å²) in [6.45, 7) is 1.95. The number of rotatable bonds is 4. The molecular weight excluding hydrogens is 196 g/mol. The Hall–Kier alpha value is -1.91. The number of carbonyl (C=O) groups is 1. The van der Waals surface area contributed by atoms with Crippen LogP contribution in [-0.4, -0.2) is 18.5 Å².